The number of rotatable bonds is 6. The molecular weight excluding hydrogens is 372 g/mol. The van der Waals surface area contributed by atoms with Gasteiger partial charge in [-0.15, -0.1) is 0 Å². The fourth-order valence-electron chi connectivity index (χ4n) is 4.76. The Morgan fingerprint density at radius 3 is 2.69 bits per heavy atom. The molecule has 1 aromatic carbocycles. The molecular formula is C21H26N4O4. The lowest BCUT2D eigenvalue weighted by Crippen LogP contribution is -2.52. The third kappa shape index (κ3) is 3.16. The van der Waals surface area contributed by atoms with Crippen LogP contribution in [0.1, 0.15) is 43.7 Å². The number of aryl methyl sites for hydroxylation is 1. The maximum Gasteiger partial charge on any atom is 0.325 e. The Bertz CT molecular complexity index is 881. The van der Waals surface area contributed by atoms with Crippen molar-refractivity contribution in [3.8, 4) is 0 Å². The van der Waals surface area contributed by atoms with E-state index in [1.54, 1.807) is 0 Å². The van der Waals surface area contributed by atoms with Gasteiger partial charge in [-0.3, -0.25) is 19.3 Å². The number of nitrogens with one attached hydrogen (secondary N) is 1. The monoisotopic (exact) mass is 398 g/mol. The summed E-state index contributed by atoms with van der Waals surface area (Å²) in [5.41, 5.74) is 6.08. The second-order valence-corrected chi connectivity index (χ2v) is 8.30. The Balaban J connectivity index is 1.54. The van der Waals surface area contributed by atoms with Crippen LogP contribution in [-0.4, -0.2) is 52.7 Å². The number of imide groups is 1. The molecule has 1 saturated heterocycles. The molecule has 2 atom stereocenters. The predicted octanol–water partition coefficient (Wildman–Crippen LogP) is 0.882. The molecule has 1 aromatic rings. The number of hydrogen-bond acceptors (Lipinski definition) is 4. The Hall–Kier alpha value is -2.90. The van der Waals surface area contributed by atoms with Crippen molar-refractivity contribution in [2.75, 3.05) is 13.1 Å². The van der Waals surface area contributed by atoms with Crippen molar-refractivity contribution in [1.82, 2.24) is 15.1 Å². The lowest BCUT2D eigenvalue weighted by molar-refractivity contribution is -0.143. The maximum absolute atomic E-state index is 13.2. The number of nitrogens with zero attached hydrogens (tertiary/aromatic N) is 2. The molecule has 8 nitrogen and oxygen atoms in total. The number of primary amides is 1. The highest BCUT2D eigenvalue weighted by Gasteiger charge is 2.55. The van der Waals surface area contributed by atoms with Crippen molar-refractivity contribution in [3.05, 3.63) is 35.4 Å². The van der Waals surface area contributed by atoms with Crippen LogP contribution >= 0.6 is 0 Å². The van der Waals surface area contributed by atoms with Gasteiger partial charge in [-0.1, -0.05) is 30.7 Å². The Morgan fingerprint density at radius 1 is 1.31 bits per heavy atom. The minimum absolute atomic E-state index is 0.161. The quantitative estimate of drug-likeness (QED) is 0.693. The number of benzene rings is 1. The fourth-order valence-corrected chi connectivity index (χ4v) is 4.76. The molecule has 0 unspecified atom stereocenters. The van der Waals surface area contributed by atoms with Crippen LogP contribution in [0, 0.1) is 5.92 Å². The van der Waals surface area contributed by atoms with Gasteiger partial charge in [0.05, 0.1) is 6.54 Å². The summed E-state index contributed by atoms with van der Waals surface area (Å²) in [4.78, 5) is 52.8. The SMILES string of the molecule is C[C@@H](C1CCC1)N(CC(N)=O)C(=O)CN1C(=O)N[C@@]2(CCc3ccccc32)C1=O. The van der Waals surface area contributed by atoms with Gasteiger partial charge in [0.2, 0.25) is 11.8 Å². The van der Waals surface area contributed by atoms with Gasteiger partial charge in [-0.05, 0) is 49.7 Å². The molecule has 2 aliphatic carbocycles. The standard InChI is InChI=1S/C21H26N4O4/c1-13(14-6-4-7-14)24(11-17(22)26)18(27)12-25-19(28)21(23-20(25)29)10-9-15-5-2-3-8-16(15)21/h2-3,5,8,13-14H,4,6-7,9-12H2,1H3,(H2,22,26)(H,23,29)/t13-,21+/m0/s1. The van der Waals surface area contributed by atoms with E-state index >= 15 is 0 Å². The molecule has 154 valence electrons. The third-order valence-corrected chi connectivity index (χ3v) is 6.69. The zero-order valence-electron chi connectivity index (χ0n) is 16.5. The number of amides is 5. The lowest BCUT2D eigenvalue weighted by Gasteiger charge is -2.39. The molecule has 1 heterocycles. The number of carbonyl (C=O) groups is 4. The molecule has 3 aliphatic rings. The molecule has 0 radical (unpaired) electrons. The zero-order chi connectivity index (χ0) is 20.8. The van der Waals surface area contributed by atoms with Crippen LogP contribution in [-0.2, 0) is 26.3 Å². The van der Waals surface area contributed by atoms with E-state index in [1.807, 2.05) is 31.2 Å². The molecule has 5 amide bonds. The van der Waals surface area contributed by atoms with Gasteiger partial charge < -0.3 is 16.0 Å². The third-order valence-electron chi connectivity index (χ3n) is 6.69. The zero-order valence-corrected chi connectivity index (χ0v) is 16.5. The van der Waals surface area contributed by atoms with Crippen LogP contribution in [0.3, 0.4) is 0 Å². The molecule has 1 aliphatic heterocycles. The first-order valence-electron chi connectivity index (χ1n) is 10.1. The van der Waals surface area contributed by atoms with Gasteiger partial charge in [0.15, 0.2) is 0 Å². The molecule has 29 heavy (non-hydrogen) atoms. The number of hydrogen-bond donors (Lipinski definition) is 2. The van der Waals surface area contributed by atoms with E-state index in [2.05, 4.69) is 5.32 Å². The fraction of sp³-hybridized carbons (Fsp3) is 0.524. The minimum atomic E-state index is -1.10. The van der Waals surface area contributed by atoms with Crippen LogP contribution in [0.4, 0.5) is 4.79 Å². The molecule has 1 saturated carbocycles. The van der Waals surface area contributed by atoms with E-state index in [9.17, 15) is 19.2 Å². The average molecular weight is 398 g/mol. The molecule has 1 spiro atoms. The summed E-state index contributed by atoms with van der Waals surface area (Å²) in [5, 5.41) is 2.82. The first-order chi connectivity index (χ1) is 13.8. The number of carbonyl (C=O) groups excluding carboxylic acids is 4. The second kappa shape index (κ2) is 7.17. The van der Waals surface area contributed by atoms with Crippen molar-refractivity contribution in [2.45, 2.75) is 50.6 Å². The Labute approximate surface area is 169 Å². The Kier molecular flexibility index (Phi) is 4.80. The normalized spacial score (nSPS) is 24.2. The molecule has 0 aromatic heterocycles. The van der Waals surface area contributed by atoms with E-state index in [4.69, 9.17) is 5.73 Å². The topological polar surface area (TPSA) is 113 Å². The smallest absolute Gasteiger partial charge is 0.325 e. The maximum atomic E-state index is 13.2. The number of nitrogens with two attached hydrogens (primary N) is 1. The summed E-state index contributed by atoms with van der Waals surface area (Å²) >= 11 is 0. The highest BCUT2D eigenvalue weighted by molar-refractivity contribution is 6.10. The van der Waals surface area contributed by atoms with Gasteiger partial charge in [-0.2, -0.15) is 0 Å². The summed E-state index contributed by atoms with van der Waals surface area (Å²) in [6, 6.07) is 6.81. The highest BCUT2D eigenvalue weighted by Crippen LogP contribution is 2.41. The van der Waals surface area contributed by atoms with Gasteiger partial charge in [0.1, 0.15) is 12.1 Å². The van der Waals surface area contributed by atoms with Crippen molar-refractivity contribution in [3.63, 3.8) is 0 Å². The van der Waals surface area contributed by atoms with Gasteiger partial charge in [-0.25, -0.2) is 4.79 Å². The number of fused-ring (bicyclic) bond motifs is 2. The van der Waals surface area contributed by atoms with Gasteiger partial charge in [0.25, 0.3) is 5.91 Å². The second-order valence-electron chi connectivity index (χ2n) is 8.30. The van der Waals surface area contributed by atoms with E-state index in [-0.39, 0.29) is 19.1 Å². The molecule has 3 N–H and O–H groups in total. The largest absolute Gasteiger partial charge is 0.368 e. The predicted molar refractivity (Wildman–Crippen MR) is 104 cm³/mol. The molecule has 0 bridgehead atoms. The first kappa shape index (κ1) is 19.4. The Morgan fingerprint density at radius 2 is 2.03 bits per heavy atom. The van der Waals surface area contributed by atoms with Crippen molar-refractivity contribution in [2.24, 2.45) is 11.7 Å². The van der Waals surface area contributed by atoms with E-state index < -0.39 is 29.3 Å². The molecule has 8 heteroatoms. The average Bonchev–Trinajstić information content (AvgIpc) is 3.12. The van der Waals surface area contributed by atoms with E-state index in [0.29, 0.717) is 18.8 Å². The number of urea groups is 1. The lowest BCUT2D eigenvalue weighted by atomic mass is 9.79. The summed E-state index contributed by atoms with van der Waals surface area (Å²) in [7, 11) is 0. The minimum Gasteiger partial charge on any atom is -0.368 e. The van der Waals surface area contributed by atoms with Gasteiger partial charge >= 0.3 is 6.03 Å². The summed E-state index contributed by atoms with van der Waals surface area (Å²) in [6.07, 6.45) is 4.25. The van der Waals surface area contributed by atoms with Crippen LogP contribution in [0.2, 0.25) is 0 Å². The van der Waals surface area contributed by atoms with Crippen LogP contribution in [0.15, 0.2) is 24.3 Å². The van der Waals surface area contributed by atoms with Crippen molar-refractivity contribution in [1.29, 1.82) is 0 Å². The van der Waals surface area contributed by atoms with E-state index in [1.165, 1.54) is 4.90 Å². The molecule has 4 rings (SSSR count). The summed E-state index contributed by atoms with van der Waals surface area (Å²) < 4.78 is 0. The molecule has 2 fully saturated rings. The first-order valence-corrected chi connectivity index (χ1v) is 10.1. The van der Waals surface area contributed by atoms with Crippen LogP contribution in [0.25, 0.3) is 0 Å². The van der Waals surface area contributed by atoms with E-state index in [0.717, 1.165) is 35.3 Å². The highest BCUT2D eigenvalue weighted by atomic mass is 16.2. The van der Waals surface area contributed by atoms with Gasteiger partial charge in [0, 0.05) is 6.04 Å². The van der Waals surface area contributed by atoms with Crippen molar-refractivity contribution < 1.29 is 19.2 Å². The summed E-state index contributed by atoms with van der Waals surface area (Å²) in [5.74, 6) is -1.14. The van der Waals surface area contributed by atoms with Crippen molar-refractivity contribution >= 4 is 23.8 Å². The van der Waals surface area contributed by atoms with Crippen LogP contribution < -0.4 is 11.1 Å². The van der Waals surface area contributed by atoms with Crippen LogP contribution in [0.5, 0.6) is 0 Å². The summed E-state index contributed by atoms with van der Waals surface area (Å²) in [6.45, 7) is 1.29.